The van der Waals surface area contributed by atoms with E-state index in [0.29, 0.717) is 132 Å². The van der Waals surface area contributed by atoms with Crippen LogP contribution < -0.4 is 0 Å². The average Bonchev–Trinajstić information content (AvgIpc) is 2.99. The SMILES string of the molecule is CCCCCCOCCOCCOCCOCCOCCOCCOCCOCCOCCOCCOC(=O)CCC. The largest absolute Gasteiger partial charge is 0.463 e. The summed E-state index contributed by atoms with van der Waals surface area (Å²) in [6.07, 6.45) is 6.12. The molecule has 0 aliphatic carbocycles. The molecule has 0 fully saturated rings. The van der Waals surface area contributed by atoms with Gasteiger partial charge < -0.3 is 52.1 Å². The number of ether oxygens (including phenoxy) is 11. The summed E-state index contributed by atoms with van der Waals surface area (Å²) in [4.78, 5) is 11.2. The number of carbonyl (C=O) groups excluding carboxylic acids is 1. The van der Waals surface area contributed by atoms with Crippen molar-refractivity contribution in [3.05, 3.63) is 0 Å². The van der Waals surface area contributed by atoms with Crippen LogP contribution in [0.15, 0.2) is 0 Å². The first-order valence-corrected chi connectivity index (χ1v) is 15.7. The molecule has 0 atom stereocenters. The lowest BCUT2D eigenvalue weighted by atomic mass is 10.2. The van der Waals surface area contributed by atoms with Gasteiger partial charge in [0.1, 0.15) is 6.61 Å². The quantitative estimate of drug-likeness (QED) is 0.0758. The van der Waals surface area contributed by atoms with E-state index in [1.165, 1.54) is 19.3 Å². The summed E-state index contributed by atoms with van der Waals surface area (Å²) >= 11 is 0. The maximum atomic E-state index is 11.2. The Hall–Kier alpha value is -0.930. The fraction of sp³-hybridized carbons (Fsp3) is 0.967. The molecule has 0 saturated carbocycles. The molecule has 0 aliphatic heterocycles. The average molecular weight is 613 g/mol. The van der Waals surface area contributed by atoms with Crippen LogP contribution in [0.25, 0.3) is 0 Å². The Morgan fingerprint density at radius 3 is 0.905 bits per heavy atom. The van der Waals surface area contributed by atoms with Crippen LogP contribution in [0.4, 0.5) is 0 Å². The summed E-state index contributed by atoms with van der Waals surface area (Å²) in [5, 5.41) is 0. The molecule has 0 aromatic heterocycles. The lowest BCUT2D eigenvalue weighted by Crippen LogP contribution is -2.15. The van der Waals surface area contributed by atoms with Gasteiger partial charge in [-0.2, -0.15) is 0 Å². The summed E-state index contributed by atoms with van der Waals surface area (Å²) in [6.45, 7) is 15.0. The molecule has 0 aromatic carbocycles. The molecule has 0 rings (SSSR count). The molecule has 0 heterocycles. The van der Waals surface area contributed by atoms with Crippen molar-refractivity contribution in [2.75, 3.05) is 139 Å². The first-order chi connectivity index (χ1) is 20.8. The Bertz CT molecular complexity index is 513. The molecule has 0 N–H and O–H groups in total. The van der Waals surface area contributed by atoms with Gasteiger partial charge in [0.25, 0.3) is 0 Å². The topological polar surface area (TPSA) is 119 Å². The number of unbranched alkanes of at least 4 members (excludes halogenated alkanes) is 3. The van der Waals surface area contributed by atoms with Crippen molar-refractivity contribution in [1.29, 1.82) is 0 Å². The van der Waals surface area contributed by atoms with Gasteiger partial charge in [0.05, 0.1) is 126 Å². The van der Waals surface area contributed by atoms with Crippen molar-refractivity contribution in [2.45, 2.75) is 52.4 Å². The highest BCUT2D eigenvalue weighted by Crippen LogP contribution is 1.98. The van der Waals surface area contributed by atoms with Crippen LogP contribution in [0, 0.1) is 0 Å². The van der Waals surface area contributed by atoms with Crippen LogP contribution in [-0.2, 0) is 56.9 Å². The summed E-state index contributed by atoms with van der Waals surface area (Å²) in [5.41, 5.74) is 0. The van der Waals surface area contributed by atoms with E-state index in [0.717, 1.165) is 19.4 Å². The summed E-state index contributed by atoms with van der Waals surface area (Å²) in [5.74, 6) is -0.185. The first-order valence-electron chi connectivity index (χ1n) is 15.7. The van der Waals surface area contributed by atoms with Crippen molar-refractivity contribution >= 4 is 5.97 Å². The molecule has 0 bridgehead atoms. The van der Waals surface area contributed by atoms with Crippen LogP contribution in [0.5, 0.6) is 0 Å². The van der Waals surface area contributed by atoms with Gasteiger partial charge in [-0.05, 0) is 12.8 Å². The van der Waals surface area contributed by atoms with E-state index in [9.17, 15) is 4.79 Å². The molecule has 12 heteroatoms. The van der Waals surface area contributed by atoms with E-state index in [2.05, 4.69) is 6.92 Å². The van der Waals surface area contributed by atoms with Gasteiger partial charge >= 0.3 is 5.97 Å². The Labute approximate surface area is 254 Å². The molecule has 0 aromatic rings. The minimum atomic E-state index is -0.185. The highest BCUT2D eigenvalue weighted by atomic mass is 16.6. The molecule has 0 spiro atoms. The van der Waals surface area contributed by atoms with E-state index in [1.54, 1.807) is 0 Å². The fourth-order valence-corrected chi connectivity index (χ4v) is 3.20. The van der Waals surface area contributed by atoms with Crippen molar-refractivity contribution in [2.24, 2.45) is 0 Å². The molecule has 0 unspecified atom stereocenters. The molecule has 42 heavy (non-hydrogen) atoms. The molecule has 0 amide bonds. The Kier molecular flexibility index (Phi) is 37.3. The van der Waals surface area contributed by atoms with Gasteiger partial charge in [0.15, 0.2) is 0 Å². The molecule has 0 radical (unpaired) electrons. The van der Waals surface area contributed by atoms with Gasteiger partial charge in [0, 0.05) is 13.0 Å². The number of esters is 1. The van der Waals surface area contributed by atoms with Gasteiger partial charge in [-0.25, -0.2) is 0 Å². The van der Waals surface area contributed by atoms with Crippen molar-refractivity contribution in [3.63, 3.8) is 0 Å². The second kappa shape index (κ2) is 38.1. The molecule has 252 valence electrons. The standard InChI is InChI=1S/C30H60O12/c1-3-5-6-7-9-32-10-11-33-12-13-34-14-15-35-16-17-36-18-19-37-20-21-38-22-23-39-24-25-40-26-27-41-28-29-42-30(31)8-4-2/h3-29H2,1-2H3. The molecule has 0 saturated heterocycles. The lowest BCUT2D eigenvalue weighted by molar-refractivity contribution is -0.145. The van der Waals surface area contributed by atoms with Crippen LogP contribution in [0.1, 0.15) is 52.4 Å². The molecular weight excluding hydrogens is 552 g/mol. The molecule has 0 aliphatic rings. The predicted molar refractivity (Wildman–Crippen MR) is 158 cm³/mol. The maximum absolute atomic E-state index is 11.2. The number of rotatable bonds is 37. The minimum Gasteiger partial charge on any atom is -0.463 e. The van der Waals surface area contributed by atoms with Crippen molar-refractivity contribution in [1.82, 2.24) is 0 Å². The highest BCUT2D eigenvalue weighted by Gasteiger charge is 2.00. The summed E-state index contributed by atoms with van der Waals surface area (Å²) in [6, 6.07) is 0. The third-order valence-electron chi connectivity index (χ3n) is 5.44. The Morgan fingerprint density at radius 1 is 0.333 bits per heavy atom. The third kappa shape index (κ3) is 37.1. The number of hydrogen-bond donors (Lipinski definition) is 0. The lowest BCUT2D eigenvalue weighted by Gasteiger charge is -2.09. The van der Waals surface area contributed by atoms with Gasteiger partial charge in [-0.3, -0.25) is 4.79 Å². The first kappa shape index (κ1) is 41.1. The summed E-state index contributed by atoms with van der Waals surface area (Å²) in [7, 11) is 0. The van der Waals surface area contributed by atoms with Gasteiger partial charge in [0.2, 0.25) is 0 Å². The maximum Gasteiger partial charge on any atom is 0.305 e. The van der Waals surface area contributed by atoms with Crippen LogP contribution in [0.2, 0.25) is 0 Å². The summed E-state index contributed by atoms with van der Waals surface area (Å²) < 4.78 is 59.5. The third-order valence-corrected chi connectivity index (χ3v) is 5.44. The number of carbonyl (C=O) groups is 1. The zero-order chi connectivity index (χ0) is 30.4. The second-order valence-electron chi connectivity index (χ2n) is 9.15. The van der Waals surface area contributed by atoms with E-state index >= 15 is 0 Å². The fourth-order valence-electron chi connectivity index (χ4n) is 3.20. The van der Waals surface area contributed by atoms with Crippen LogP contribution in [-0.4, -0.2) is 145 Å². The van der Waals surface area contributed by atoms with E-state index in [-0.39, 0.29) is 12.6 Å². The Morgan fingerprint density at radius 2 is 0.619 bits per heavy atom. The van der Waals surface area contributed by atoms with E-state index in [4.69, 9.17) is 52.1 Å². The second-order valence-corrected chi connectivity index (χ2v) is 9.15. The van der Waals surface area contributed by atoms with E-state index < -0.39 is 0 Å². The van der Waals surface area contributed by atoms with E-state index in [1.807, 2.05) is 6.92 Å². The molecule has 12 nitrogen and oxygen atoms in total. The zero-order valence-electron chi connectivity index (χ0n) is 26.5. The minimum absolute atomic E-state index is 0.185. The van der Waals surface area contributed by atoms with Gasteiger partial charge in [-0.1, -0.05) is 33.1 Å². The molecular formula is C30H60O12. The smallest absolute Gasteiger partial charge is 0.305 e. The normalized spacial score (nSPS) is 11.4. The van der Waals surface area contributed by atoms with Crippen molar-refractivity contribution in [3.8, 4) is 0 Å². The van der Waals surface area contributed by atoms with Crippen molar-refractivity contribution < 1.29 is 56.9 Å². The monoisotopic (exact) mass is 612 g/mol. The number of hydrogen-bond acceptors (Lipinski definition) is 12. The Balaban J connectivity index is 3.05. The van der Waals surface area contributed by atoms with Crippen LogP contribution in [0.3, 0.4) is 0 Å². The van der Waals surface area contributed by atoms with Gasteiger partial charge in [-0.15, -0.1) is 0 Å². The van der Waals surface area contributed by atoms with Crippen LogP contribution >= 0.6 is 0 Å². The highest BCUT2D eigenvalue weighted by molar-refractivity contribution is 5.69. The predicted octanol–water partition coefficient (Wildman–Crippen LogP) is 3.08. The zero-order valence-corrected chi connectivity index (χ0v) is 26.5.